The van der Waals surface area contributed by atoms with Crippen LogP contribution in [-0.2, 0) is 0 Å². The number of nitrogens with two attached hydrogens (primary N) is 1. The lowest BCUT2D eigenvalue weighted by Crippen LogP contribution is -2.13. The van der Waals surface area contributed by atoms with Crippen LogP contribution in [0, 0.1) is 10.1 Å². The van der Waals surface area contributed by atoms with E-state index in [-0.39, 0.29) is 5.69 Å². The summed E-state index contributed by atoms with van der Waals surface area (Å²) < 4.78 is 5.30. The largest absolute Gasteiger partial charge is 0.424 e. The first-order chi connectivity index (χ1) is 7.70. The Balaban J connectivity index is 2.34. The van der Waals surface area contributed by atoms with Gasteiger partial charge >= 0.3 is 0 Å². The number of non-ortho nitro benzene ring substituents is 1. The van der Waals surface area contributed by atoms with Crippen LogP contribution in [-0.4, -0.2) is 23.0 Å². The van der Waals surface area contributed by atoms with Crippen molar-refractivity contribution in [3.63, 3.8) is 0 Å². The molecule has 0 bridgehead atoms. The molecule has 84 valence electrons. The number of hydrogen-bond acceptors (Lipinski definition) is 6. The van der Waals surface area contributed by atoms with E-state index in [4.69, 9.17) is 10.2 Å². The number of nitrogens with zero attached hydrogens (tertiary/aromatic N) is 2. The molecule has 1 aromatic heterocycles. The highest BCUT2D eigenvalue weighted by molar-refractivity contribution is 5.77. The monoisotopic (exact) mass is 222 g/mol. The van der Waals surface area contributed by atoms with Gasteiger partial charge in [-0.1, -0.05) is 0 Å². The molecule has 2 rings (SSSR count). The van der Waals surface area contributed by atoms with Crippen LogP contribution in [0.2, 0.25) is 0 Å². The summed E-state index contributed by atoms with van der Waals surface area (Å²) >= 11 is 0. The van der Waals surface area contributed by atoms with Crippen LogP contribution in [0.25, 0.3) is 11.1 Å². The lowest BCUT2D eigenvalue weighted by Gasteiger charge is -1.95. The molecule has 0 saturated carbocycles. The molecule has 16 heavy (non-hydrogen) atoms. The van der Waals surface area contributed by atoms with Gasteiger partial charge in [-0.05, 0) is 6.07 Å². The Morgan fingerprint density at radius 2 is 2.38 bits per heavy atom. The third-order valence-corrected chi connectivity index (χ3v) is 2.00. The topological polar surface area (TPSA) is 107 Å². The van der Waals surface area contributed by atoms with Gasteiger partial charge < -0.3 is 15.5 Å². The summed E-state index contributed by atoms with van der Waals surface area (Å²) in [5.41, 5.74) is 6.26. The quantitative estimate of drug-likeness (QED) is 0.592. The molecule has 0 unspecified atom stereocenters. The first kappa shape index (κ1) is 10.4. The highest BCUT2D eigenvalue weighted by Gasteiger charge is 2.10. The van der Waals surface area contributed by atoms with Crippen molar-refractivity contribution in [1.82, 2.24) is 4.98 Å². The Morgan fingerprint density at radius 1 is 1.56 bits per heavy atom. The molecule has 2 aromatic rings. The molecule has 7 nitrogen and oxygen atoms in total. The van der Waals surface area contributed by atoms with Crippen molar-refractivity contribution < 1.29 is 9.34 Å². The number of nitro benzene ring substituents is 1. The predicted octanol–water partition coefficient (Wildman–Crippen LogP) is 1.11. The Kier molecular flexibility index (Phi) is 2.69. The average molecular weight is 222 g/mol. The van der Waals surface area contributed by atoms with Crippen molar-refractivity contribution >= 4 is 22.8 Å². The molecule has 7 heteroatoms. The number of fused-ring (bicyclic) bond motifs is 1. The Hall–Kier alpha value is -2.15. The molecule has 0 aliphatic carbocycles. The van der Waals surface area contributed by atoms with Crippen LogP contribution in [0.1, 0.15) is 0 Å². The van der Waals surface area contributed by atoms with Crippen LogP contribution in [0.3, 0.4) is 0 Å². The van der Waals surface area contributed by atoms with E-state index in [1.807, 2.05) is 0 Å². The molecule has 1 aromatic carbocycles. The number of aromatic nitrogens is 1. The number of nitro groups is 1. The SMILES string of the molecule is NCCNc1nc2cc([N+](=O)[O-])ccc2o1. The molecule has 0 atom stereocenters. The normalized spacial score (nSPS) is 10.6. The molecular weight excluding hydrogens is 212 g/mol. The smallest absolute Gasteiger partial charge is 0.295 e. The minimum absolute atomic E-state index is 0.00817. The summed E-state index contributed by atoms with van der Waals surface area (Å²) in [5, 5.41) is 13.4. The summed E-state index contributed by atoms with van der Waals surface area (Å²) in [5.74, 6) is 0. The van der Waals surface area contributed by atoms with Crippen molar-refractivity contribution in [3.8, 4) is 0 Å². The van der Waals surface area contributed by atoms with Gasteiger partial charge in [-0.2, -0.15) is 4.98 Å². The Labute approximate surface area is 90.4 Å². The molecule has 0 aliphatic heterocycles. The lowest BCUT2D eigenvalue weighted by atomic mass is 10.3. The van der Waals surface area contributed by atoms with E-state index in [9.17, 15) is 10.1 Å². The van der Waals surface area contributed by atoms with E-state index < -0.39 is 4.92 Å². The molecule has 0 spiro atoms. The number of benzene rings is 1. The Bertz CT molecular complexity index is 522. The van der Waals surface area contributed by atoms with Gasteiger partial charge in [0.2, 0.25) is 0 Å². The fourth-order valence-electron chi connectivity index (χ4n) is 1.28. The summed E-state index contributed by atoms with van der Waals surface area (Å²) in [4.78, 5) is 14.1. The molecule has 0 aliphatic rings. The molecule has 0 amide bonds. The van der Waals surface area contributed by atoms with E-state index in [2.05, 4.69) is 10.3 Å². The summed E-state index contributed by atoms with van der Waals surface area (Å²) in [6.07, 6.45) is 0. The van der Waals surface area contributed by atoms with E-state index in [1.54, 1.807) is 0 Å². The Morgan fingerprint density at radius 3 is 3.06 bits per heavy atom. The number of hydrogen-bond donors (Lipinski definition) is 2. The fourth-order valence-corrected chi connectivity index (χ4v) is 1.28. The molecule has 0 radical (unpaired) electrons. The van der Waals surface area contributed by atoms with Crippen molar-refractivity contribution in [2.24, 2.45) is 5.73 Å². The zero-order valence-electron chi connectivity index (χ0n) is 8.34. The van der Waals surface area contributed by atoms with Gasteiger partial charge in [-0.3, -0.25) is 10.1 Å². The highest BCUT2D eigenvalue weighted by atomic mass is 16.6. The second-order valence-corrected chi connectivity index (χ2v) is 3.14. The molecule has 0 saturated heterocycles. The summed E-state index contributed by atoms with van der Waals surface area (Å²) in [6, 6.07) is 4.58. The van der Waals surface area contributed by atoms with Crippen molar-refractivity contribution in [2.75, 3.05) is 18.4 Å². The standard InChI is InChI=1S/C9H10N4O3/c10-3-4-11-9-12-7-5-6(13(14)15)1-2-8(7)16-9/h1-2,5H,3-4,10H2,(H,11,12). The third kappa shape index (κ3) is 1.94. The highest BCUT2D eigenvalue weighted by Crippen LogP contribution is 2.23. The zero-order chi connectivity index (χ0) is 11.5. The minimum atomic E-state index is -0.471. The van der Waals surface area contributed by atoms with Gasteiger partial charge in [-0.15, -0.1) is 0 Å². The number of rotatable bonds is 4. The second-order valence-electron chi connectivity index (χ2n) is 3.14. The van der Waals surface area contributed by atoms with Crippen LogP contribution in [0.5, 0.6) is 0 Å². The van der Waals surface area contributed by atoms with E-state index in [0.717, 1.165) is 0 Å². The zero-order valence-corrected chi connectivity index (χ0v) is 8.34. The maximum atomic E-state index is 10.5. The molecule has 1 heterocycles. The second kappa shape index (κ2) is 4.15. The maximum Gasteiger partial charge on any atom is 0.295 e. The van der Waals surface area contributed by atoms with Gasteiger partial charge in [0.15, 0.2) is 5.58 Å². The van der Waals surface area contributed by atoms with Crippen LogP contribution >= 0.6 is 0 Å². The van der Waals surface area contributed by atoms with Gasteiger partial charge in [0.1, 0.15) is 5.52 Å². The average Bonchev–Trinajstić information content (AvgIpc) is 2.67. The van der Waals surface area contributed by atoms with E-state index in [0.29, 0.717) is 30.2 Å². The summed E-state index contributed by atoms with van der Waals surface area (Å²) in [6.45, 7) is 0.994. The van der Waals surface area contributed by atoms with Crippen molar-refractivity contribution in [3.05, 3.63) is 28.3 Å². The van der Waals surface area contributed by atoms with Gasteiger partial charge in [0.25, 0.3) is 11.7 Å². The molecule has 0 fully saturated rings. The number of anilines is 1. The lowest BCUT2D eigenvalue weighted by molar-refractivity contribution is -0.384. The summed E-state index contributed by atoms with van der Waals surface area (Å²) in [7, 11) is 0. The van der Waals surface area contributed by atoms with E-state index >= 15 is 0 Å². The van der Waals surface area contributed by atoms with Crippen LogP contribution < -0.4 is 11.1 Å². The number of oxazole rings is 1. The molecule has 3 N–H and O–H groups in total. The minimum Gasteiger partial charge on any atom is -0.424 e. The molecular formula is C9H10N4O3. The van der Waals surface area contributed by atoms with Crippen molar-refractivity contribution in [1.29, 1.82) is 0 Å². The van der Waals surface area contributed by atoms with Gasteiger partial charge in [0.05, 0.1) is 4.92 Å². The number of nitrogens with one attached hydrogen (secondary N) is 1. The first-order valence-electron chi connectivity index (χ1n) is 4.69. The van der Waals surface area contributed by atoms with Gasteiger partial charge in [-0.25, -0.2) is 0 Å². The first-order valence-corrected chi connectivity index (χ1v) is 4.69. The predicted molar refractivity (Wildman–Crippen MR) is 58.2 cm³/mol. The fraction of sp³-hybridized carbons (Fsp3) is 0.222. The van der Waals surface area contributed by atoms with E-state index in [1.165, 1.54) is 18.2 Å². The maximum absolute atomic E-state index is 10.5. The van der Waals surface area contributed by atoms with Crippen molar-refractivity contribution in [2.45, 2.75) is 0 Å². The van der Waals surface area contributed by atoms with Crippen LogP contribution in [0.4, 0.5) is 11.7 Å². The van der Waals surface area contributed by atoms with Gasteiger partial charge in [0, 0.05) is 25.2 Å². The third-order valence-electron chi connectivity index (χ3n) is 2.00. The van der Waals surface area contributed by atoms with Crippen LogP contribution in [0.15, 0.2) is 22.6 Å².